The van der Waals surface area contributed by atoms with Gasteiger partial charge < -0.3 is 24.5 Å². The van der Waals surface area contributed by atoms with E-state index in [1.165, 1.54) is 0 Å². The first-order valence-corrected chi connectivity index (χ1v) is 20.7. The van der Waals surface area contributed by atoms with Gasteiger partial charge in [-0.05, 0) is 104 Å². The Bertz CT molecular complexity index is 2150. The van der Waals surface area contributed by atoms with Crippen LogP contribution >= 0.6 is 62.1 Å². The third kappa shape index (κ3) is 10.0. The van der Waals surface area contributed by atoms with E-state index >= 15 is 0 Å². The lowest BCUT2D eigenvalue weighted by molar-refractivity contribution is 0.0512. The number of hydrogen-bond acceptors (Lipinski definition) is 12. The maximum absolute atomic E-state index is 11.9. The molecule has 0 aliphatic rings. The number of imidazole rings is 2. The number of ether oxygens (including phenoxy) is 2. The molecule has 6 heterocycles. The lowest BCUT2D eigenvalue weighted by Gasteiger charge is -2.19. The number of nitrogens with zero attached hydrogens (tertiary/aromatic N) is 6. The maximum Gasteiger partial charge on any atom is 0.407 e. The summed E-state index contributed by atoms with van der Waals surface area (Å²) in [6.45, 7) is 11.8. The van der Waals surface area contributed by atoms with Crippen molar-refractivity contribution in [3.63, 3.8) is 0 Å². The SMILES string of the molecule is CSc1nc(-c2sccc2CNC(=O)OC(C)(C)C)cn2c(Br)cnc12.CSc1nc(-c2sccc2CNC(=O)OC(C)(C)C)cn2ccnc12. The minimum Gasteiger partial charge on any atom is -0.444 e. The molecule has 12 nitrogen and oxygen atoms in total. The van der Waals surface area contributed by atoms with Crippen molar-refractivity contribution in [2.45, 2.75) is 75.9 Å². The van der Waals surface area contributed by atoms with Crippen LogP contribution < -0.4 is 10.6 Å². The molecule has 0 aliphatic carbocycles. The Morgan fingerprint density at radius 1 is 0.804 bits per heavy atom. The molecule has 0 aromatic carbocycles. The molecule has 270 valence electrons. The van der Waals surface area contributed by atoms with Crippen LogP contribution in [0.15, 0.2) is 68.5 Å². The molecule has 0 spiro atoms. The van der Waals surface area contributed by atoms with Gasteiger partial charge in [0.1, 0.15) is 25.9 Å². The molecule has 2 amide bonds. The third-order valence-electron chi connectivity index (χ3n) is 6.75. The maximum atomic E-state index is 11.9. The number of thiophene rings is 2. The first-order valence-electron chi connectivity index (χ1n) is 15.7. The van der Waals surface area contributed by atoms with Gasteiger partial charge >= 0.3 is 12.2 Å². The summed E-state index contributed by atoms with van der Waals surface area (Å²) in [6, 6.07) is 3.99. The summed E-state index contributed by atoms with van der Waals surface area (Å²) in [7, 11) is 0. The Labute approximate surface area is 321 Å². The first-order chi connectivity index (χ1) is 24.2. The van der Waals surface area contributed by atoms with Crippen LogP contribution in [0.25, 0.3) is 32.4 Å². The molecule has 0 fully saturated rings. The number of carbonyl (C=O) groups is 2. The zero-order valence-corrected chi connectivity index (χ0v) is 34.3. The summed E-state index contributed by atoms with van der Waals surface area (Å²) in [4.78, 5) is 44.0. The molecule has 0 saturated heterocycles. The molecule has 0 bridgehead atoms. The molecule has 0 atom stereocenters. The molecule has 0 unspecified atom stereocenters. The number of alkyl carbamates (subject to hydrolysis) is 2. The number of rotatable bonds is 8. The van der Waals surface area contributed by atoms with Gasteiger partial charge in [0.25, 0.3) is 0 Å². The molecule has 0 aliphatic heterocycles. The van der Waals surface area contributed by atoms with Crippen molar-refractivity contribution in [3.05, 3.63) is 69.6 Å². The molecular formula is C34H39BrN8O4S4. The van der Waals surface area contributed by atoms with Crippen LogP contribution in [-0.2, 0) is 22.6 Å². The van der Waals surface area contributed by atoms with E-state index < -0.39 is 23.4 Å². The highest BCUT2D eigenvalue weighted by Gasteiger charge is 2.20. The average Bonchev–Trinajstić information content (AvgIpc) is 3.88. The number of aromatic nitrogens is 6. The smallest absolute Gasteiger partial charge is 0.407 e. The Morgan fingerprint density at radius 3 is 1.82 bits per heavy atom. The van der Waals surface area contributed by atoms with Crippen LogP contribution in [0.4, 0.5) is 9.59 Å². The van der Waals surface area contributed by atoms with Crippen LogP contribution in [0.1, 0.15) is 52.7 Å². The van der Waals surface area contributed by atoms with Gasteiger partial charge in [-0.15, -0.1) is 46.2 Å². The Kier molecular flexibility index (Phi) is 12.4. The number of thioether (sulfide) groups is 2. The van der Waals surface area contributed by atoms with Crippen molar-refractivity contribution in [1.29, 1.82) is 0 Å². The monoisotopic (exact) mass is 830 g/mol. The lowest BCUT2D eigenvalue weighted by atomic mass is 10.2. The van der Waals surface area contributed by atoms with Gasteiger partial charge in [0.05, 0.1) is 27.3 Å². The van der Waals surface area contributed by atoms with Gasteiger partial charge in [-0.1, -0.05) is 0 Å². The quantitative estimate of drug-likeness (QED) is 0.143. The highest BCUT2D eigenvalue weighted by molar-refractivity contribution is 9.10. The van der Waals surface area contributed by atoms with Gasteiger partial charge in [0, 0.05) is 37.9 Å². The van der Waals surface area contributed by atoms with Crippen LogP contribution in [0.5, 0.6) is 0 Å². The van der Waals surface area contributed by atoms with Crippen LogP contribution in [0, 0.1) is 0 Å². The van der Waals surface area contributed by atoms with E-state index in [1.54, 1.807) is 58.6 Å². The number of amides is 2. The largest absolute Gasteiger partial charge is 0.444 e. The number of hydrogen-bond donors (Lipinski definition) is 2. The first kappa shape index (κ1) is 38.6. The molecule has 17 heteroatoms. The minimum absolute atomic E-state index is 0.382. The van der Waals surface area contributed by atoms with E-state index in [0.717, 1.165) is 58.2 Å². The van der Waals surface area contributed by atoms with Gasteiger partial charge in [0.15, 0.2) is 11.3 Å². The molecule has 2 N–H and O–H groups in total. The number of halogens is 1. The fourth-order valence-electron chi connectivity index (χ4n) is 4.69. The van der Waals surface area contributed by atoms with Gasteiger partial charge in [-0.3, -0.25) is 4.40 Å². The highest BCUT2D eigenvalue weighted by atomic mass is 79.9. The van der Waals surface area contributed by atoms with E-state index in [2.05, 4.69) is 36.5 Å². The number of carbonyl (C=O) groups excluding carboxylic acids is 2. The van der Waals surface area contributed by atoms with Crippen molar-refractivity contribution in [1.82, 2.24) is 39.4 Å². The molecule has 0 saturated carbocycles. The molecule has 6 rings (SSSR count). The van der Waals surface area contributed by atoms with Gasteiger partial charge in [0.2, 0.25) is 0 Å². The summed E-state index contributed by atoms with van der Waals surface area (Å²) in [5.41, 5.74) is 4.35. The molecule has 6 aromatic heterocycles. The van der Waals surface area contributed by atoms with Gasteiger partial charge in [-0.2, -0.15) is 0 Å². The minimum atomic E-state index is -0.519. The Balaban J connectivity index is 0.000000198. The lowest BCUT2D eigenvalue weighted by Crippen LogP contribution is -2.32. The fraction of sp³-hybridized carbons (Fsp3) is 0.353. The van der Waals surface area contributed by atoms with Crippen LogP contribution in [0.3, 0.4) is 0 Å². The second-order valence-electron chi connectivity index (χ2n) is 13.0. The second kappa shape index (κ2) is 16.4. The molecule has 6 aromatic rings. The molecule has 0 radical (unpaired) electrons. The van der Waals surface area contributed by atoms with Crippen molar-refractivity contribution < 1.29 is 19.1 Å². The van der Waals surface area contributed by atoms with Crippen molar-refractivity contribution in [3.8, 4) is 21.1 Å². The summed E-state index contributed by atoms with van der Waals surface area (Å²) in [5, 5.41) is 11.3. The number of nitrogens with one attached hydrogen (secondary N) is 2. The predicted molar refractivity (Wildman–Crippen MR) is 210 cm³/mol. The normalized spacial score (nSPS) is 11.7. The van der Waals surface area contributed by atoms with E-state index in [4.69, 9.17) is 19.4 Å². The molecular weight excluding hydrogens is 793 g/mol. The van der Waals surface area contributed by atoms with Gasteiger partial charge in [-0.25, -0.2) is 29.5 Å². The summed E-state index contributed by atoms with van der Waals surface area (Å²) in [6.07, 6.45) is 12.5. The summed E-state index contributed by atoms with van der Waals surface area (Å²) < 4.78 is 15.4. The van der Waals surface area contributed by atoms with E-state index in [1.807, 2.05) is 104 Å². The van der Waals surface area contributed by atoms with E-state index in [0.29, 0.717) is 13.1 Å². The van der Waals surface area contributed by atoms with Crippen LogP contribution in [-0.4, -0.2) is 64.6 Å². The van der Waals surface area contributed by atoms with E-state index in [-0.39, 0.29) is 0 Å². The summed E-state index contributed by atoms with van der Waals surface area (Å²) in [5.74, 6) is 0. The predicted octanol–water partition coefficient (Wildman–Crippen LogP) is 9.17. The summed E-state index contributed by atoms with van der Waals surface area (Å²) >= 11 is 9.83. The zero-order chi connectivity index (χ0) is 36.9. The number of fused-ring (bicyclic) bond motifs is 2. The standard InChI is InChI=1S/C17H19BrN4O2S2.C17H20N4O2S2/c1-17(2,3)24-16(23)20-7-10-5-6-26-13(10)11-9-22-12(18)8-19-14(22)15(21-11)25-4;1-17(2,3)23-16(22)19-9-11-5-8-25-13(11)12-10-21-7-6-18-14(21)15(20-12)24-4/h5-6,8-9H,7H2,1-4H3,(H,20,23);5-8,10H,9H2,1-4H3,(H,19,22). The Hall–Kier alpha value is -3.64. The second-order valence-corrected chi connectivity index (χ2v) is 17.2. The van der Waals surface area contributed by atoms with E-state index in [9.17, 15) is 9.59 Å². The van der Waals surface area contributed by atoms with Crippen molar-refractivity contribution in [2.75, 3.05) is 12.5 Å². The average molecular weight is 832 g/mol. The van der Waals surface area contributed by atoms with Crippen molar-refractivity contribution >= 4 is 85.6 Å². The third-order valence-corrected chi connectivity index (χ3v) is 10.6. The Morgan fingerprint density at radius 2 is 1.31 bits per heavy atom. The van der Waals surface area contributed by atoms with Crippen molar-refractivity contribution in [2.24, 2.45) is 0 Å². The molecule has 51 heavy (non-hydrogen) atoms. The van der Waals surface area contributed by atoms with Crippen LogP contribution in [0.2, 0.25) is 0 Å². The fourth-order valence-corrected chi connectivity index (χ4v) is 7.87. The highest BCUT2D eigenvalue weighted by Crippen LogP contribution is 2.33. The zero-order valence-electron chi connectivity index (χ0n) is 29.4. The topological polar surface area (TPSA) is 137 Å².